The van der Waals surface area contributed by atoms with Gasteiger partial charge in [0.2, 0.25) is 0 Å². The number of rotatable bonds is 0. The van der Waals surface area contributed by atoms with Gasteiger partial charge in [0, 0.05) is 46.3 Å². The van der Waals surface area contributed by atoms with Gasteiger partial charge in [0.25, 0.3) is 0 Å². The Kier molecular flexibility index (Phi) is 13.2. The summed E-state index contributed by atoms with van der Waals surface area (Å²) in [5, 5.41) is 4.55. The predicted octanol–water partition coefficient (Wildman–Crippen LogP) is -6.42. The third kappa shape index (κ3) is 6.43. The number of hydrogen-bond acceptors (Lipinski definition) is 4. The second kappa shape index (κ2) is 14.1. The molecule has 33 heavy (non-hydrogen) atoms. The Morgan fingerprint density at radius 2 is 0.545 bits per heavy atom. The van der Waals surface area contributed by atoms with Crippen LogP contribution in [0.15, 0.2) is 97.6 Å². The maximum Gasteiger partial charge on any atom is 4.00 e. The number of halogens is 4. The normalized spacial score (nSPS) is 9.21. The van der Waals surface area contributed by atoms with Gasteiger partial charge in [0.05, 0.1) is 22.1 Å². The van der Waals surface area contributed by atoms with Gasteiger partial charge in [-0.15, -0.1) is 0 Å². The molecule has 4 nitrogen and oxygen atoms in total. The van der Waals surface area contributed by atoms with Gasteiger partial charge in [0.1, 0.15) is 0 Å². The largest absolute Gasteiger partial charge is 4.00 e. The molecule has 4 aromatic heterocycles. The monoisotopic (exact) mass is 552 g/mol. The number of fused-ring (bicyclic) bond motifs is 6. The van der Waals surface area contributed by atoms with Crippen LogP contribution in [0.25, 0.3) is 43.6 Å². The molecule has 0 N–H and O–H groups in total. The van der Waals surface area contributed by atoms with E-state index >= 15 is 0 Å². The fraction of sp³-hybridized carbons (Fsp3) is 0. The molecule has 0 saturated carbocycles. The summed E-state index contributed by atoms with van der Waals surface area (Å²) in [6.07, 6.45) is 7.21. The Morgan fingerprint density at radius 3 is 0.758 bits per heavy atom. The molecule has 0 atom stereocenters. The van der Waals surface area contributed by atoms with Crippen molar-refractivity contribution in [3.05, 3.63) is 97.6 Å². The van der Waals surface area contributed by atoms with Crippen LogP contribution in [0.2, 0.25) is 0 Å². The van der Waals surface area contributed by atoms with Crippen LogP contribution in [-0.2, 0) is 17.4 Å². The minimum absolute atomic E-state index is 0. The predicted molar refractivity (Wildman–Crippen MR) is 114 cm³/mol. The second-order valence-electron chi connectivity index (χ2n) is 6.43. The van der Waals surface area contributed by atoms with E-state index in [0.29, 0.717) is 0 Å². The summed E-state index contributed by atoms with van der Waals surface area (Å²) >= 11 is 0. The van der Waals surface area contributed by atoms with Crippen LogP contribution < -0.4 is 49.6 Å². The number of hydrogen-bond donors (Lipinski definition) is 0. The van der Waals surface area contributed by atoms with E-state index in [1.54, 1.807) is 24.8 Å². The summed E-state index contributed by atoms with van der Waals surface area (Å²) in [5.74, 6) is 0. The third-order valence-corrected chi connectivity index (χ3v) is 4.69. The van der Waals surface area contributed by atoms with Crippen LogP contribution >= 0.6 is 0 Å². The Hall–Kier alpha value is -2.23. The molecule has 0 bridgehead atoms. The van der Waals surface area contributed by atoms with Crippen molar-refractivity contribution in [2.45, 2.75) is 0 Å². The smallest absolute Gasteiger partial charge is 1.00 e. The first kappa shape index (κ1) is 30.8. The molecular formula is C24H16Cl4CrN4. The minimum Gasteiger partial charge on any atom is -1.00 e. The van der Waals surface area contributed by atoms with Crippen LogP contribution in [0.5, 0.6) is 0 Å². The van der Waals surface area contributed by atoms with Crippen molar-refractivity contribution >= 4 is 43.6 Å². The zero-order valence-corrected chi connectivity index (χ0v) is 21.2. The van der Waals surface area contributed by atoms with Crippen molar-refractivity contribution in [3.8, 4) is 0 Å². The summed E-state index contributed by atoms with van der Waals surface area (Å²) in [6.45, 7) is 0. The average Bonchev–Trinajstić information content (AvgIpc) is 2.79. The molecule has 4 heterocycles. The van der Waals surface area contributed by atoms with E-state index in [1.807, 2.05) is 24.3 Å². The minimum atomic E-state index is 0. The van der Waals surface area contributed by atoms with Gasteiger partial charge in [-0.05, 0) is 24.3 Å². The second-order valence-corrected chi connectivity index (χ2v) is 6.43. The van der Waals surface area contributed by atoms with Gasteiger partial charge in [-0.2, -0.15) is 0 Å². The SMILES string of the molecule is [Cl-].[Cl-].[Cl-].[Cl-].[Cr+4].c1cnc2c(c1)ccc1cccnc12.c1cnc2c(c1)ccc1cccnc12. The summed E-state index contributed by atoms with van der Waals surface area (Å²) < 4.78 is 0. The molecule has 0 spiro atoms. The Labute approximate surface area is 227 Å². The molecule has 6 aromatic rings. The molecule has 9 heteroatoms. The van der Waals surface area contributed by atoms with E-state index in [2.05, 4.69) is 68.5 Å². The number of benzene rings is 2. The molecule has 166 valence electrons. The zero-order valence-electron chi connectivity index (χ0n) is 16.9. The topological polar surface area (TPSA) is 51.6 Å². The number of nitrogens with zero attached hydrogens (tertiary/aromatic N) is 4. The van der Waals surface area contributed by atoms with E-state index in [4.69, 9.17) is 0 Å². The first-order chi connectivity index (χ1) is 13.9. The molecule has 0 aliphatic carbocycles. The first-order valence-corrected chi connectivity index (χ1v) is 9.07. The van der Waals surface area contributed by atoms with Gasteiger partial charge in [0.15, 0.2) is 0 Å². The van der Waals surface area contributed by atoms with Crippen molar-refractivity contribution in [3.63, 3.8) is 0 Å². The van der Waals surface area contributed by atoms with Crippen LogP contribution in [0.3, 0.4) is 0 Å². The molecule has 0 aliphatic rings. The Morgan fingerprint density at radius 1 is 0.333 bits per heavy atom. The van der Waals surface area contributed by atoms with Gasteiger partial charge in [-0.25, -0.2) is 0 Å². The molecule has 0 amide bonds. The van der Waals surface area contributed by atoms with Gasteiger partial charge in [-0.3, -0.25) is 19.9 Å². The van der Waals surface area contributed by atoms with E-state index in [-0.39, 0.29) is 67.0 Å². The van der Waals surface area contributed by atoms with Gasteiger partial charge in [-0.1, -0.05) is 48.5 Å². The fourth-order valence-corrected chi connectivity index (χ4v) is 3.36. The number of pyridine rings is 4. The molecule has 6 rings (SSSR count). The molecule has 0 saturated heterocycles. The van der Waals surface area contributed by atoms with E-state index in [9.17, 15) is 0 Å². The first-order valence-electron chi connectivity index (χ1n) is 9.07. The number of aromatic nitrogens is 4. The van der Waals surface area contributed by atoms with Gasteiger partial charge < -0.3 is 49.6 Å². The summed E-state index contributed by atoms with van der Waals surface area (Å²) in [6, 6.07) is 24.3. The maximum absolute atomic E-state index is 4.35. The Balaban J connectivity index is 0.000000539. The van der Waals surface area contributed by atoms with E-state index in [0.717, 1.165) is 43.6 Å². The standard InChI is InChI=1S/2C12H8N2.4ClH.Cr/c2*1-3-9-5-6-10-4-2-8-14-12(10)11(9)13-7-1;;;;;/h2*1-8H;4*1H;/q;;;;;;+4/p-4. The zero-order chi connectivity index (χ0) is 18.8. The molecule has 0 aliphatic heterocycles. The molecule has 2 aromatic carbocycles. The van der Waals surface area contributed by atoms with Crippen LogP contribution in [0, 0.1) is 0 Å². The van der Waals surface area contributed by atoms with Crippen LogP contribution in [0.1, 0.15) is 0 Å². The molecule has 0 radical (unpaired) electrons. The maximum atomic E-state index is 4.35. The summed E-state index contributed by atoms with van der Waals surface area (Å²) in [7, 11) is 0. The van der Waals surface area contributed by atoms with Crippen LogP contribution in [0.4, 0.5) is 0 Å². The van der Waals surface area contributed by atoms with E-state index < -0.39 is 0 Å². The van der Waals surface area contributed by atoms with Crippen molar-refractivity contribution in [2.24, 2.45) is 0 Å². The van der Waals surface area contributed by atoms with Crippen molar-refractivity contribution in [1.82, 2.24) is 19.9 Å². The van der Waals surface area contributed by atoms with Crippen molar-refractivity contribution < 1.29 is 67.0 Å². The average molecular weight is 554 g/mol. The third-order valence-electron chi connectivity index (χ3n) is 4.69. The molecule has 0 unspecified atom stereocenters. The van der Waals surface area contributed by atoms with Crippen molar-refractivity contribution in [2.75, 3.05) is 0 Å². The van der Waals surface area contributed by atoms with Crippen molar-refractivity contribution in [1.29, 1.82) is 0 Å². The summed E-state index contributed by atoms with van der Waals surface area (Å²) in [5.41, 5.74) is 3.91. The van der Waals surface area contributed by atoms with E-state index in [1.165, 1.54) is 0 Å². The summed E-state index contributed by atoms with van der Waals surface area (Å²) in [4.78, 5) is 17.4. The molecular weight excluding hydrogens is 538 g/mol. The molecule has 0 fully saturated rings. The quantitative estimate of drug-likeness (QED) is 0.176. The van der Waals surface area contributed by atoms with Gasteiger partial charge >= 0.3 is 17.4 Å². The van der Waals surface area contributed by atoms with Crippen LogP contribution in [-0.4, -0.2) is 19.9 Å². The Bertz CT molecular complexity index is 1230. The fourth-order valence-electron chi connectivity index (χ4n) is 3.36.